The van der Waals surface area contributed by atoms with E-state index < -0.39 is 0 Å². The topological polar surface area (TPSA) is 34.2 Å². The number of aromatic nitrogens is 1. The van der Waals surface area contributed by atoms with Crippen molar-refractivity contribution < 1.29 is 4.74 Å². The first kappa shape index (κ1) is 10.6. The molecule has 3 nitrogen and oxygen atoms in total. The molecule has 1 aliphatic rings. The molecule has 1 aromatic rings. The van der Waals surface area contributed by atoms with Crippen molar-refractivity contribution in [3.63, 3.8) is 0 Å². The summed E-state index contributed by atoms with van der Waals surface area (Å²) in [5, 5.41) is 3.38. The minimum Gasteiger partial charge on any atom is -0.381 e. The van der Waals surface area contributed by atoms with Gasteiger partial charge in [0.15, 0.2) is 0 Å². The van der Waals surface area contributed by atoms with Crippen molar-refractivity contribution in [3.05, 3.63) is 29.6 Å². The third kappa shape index (κ3) is 2.36. The molecular formula is C12H18N2O. The lowest BCUT2D eigenvalue weighted by molar-refractivity contribution is 0.178. The van der Waals surface area contributed by atoms with Gasteiger partial charge in [-0.05, 0) is 38.1 Å². The molecule has 2 rings (SSSR count). The Labute approximate surface area is 90.9 Å². The summed E-state index contributed by atoms with van der Waals surface area (Å²) in [6.07, 6.45) is 3.03. The Morgan fingerprint density at radius 1 is 1.60 bits per heavy atom. The van der Waals surface area contributed by atoms with Crippen molar-refractivity contribution in [2.75, 3.05) is 20.3 Å². The van der Waals surface area contributed by atoms with Crippen LogP contribution in [-0.2, 0) is 4.74 Å². The molecule has 0 aromatic carbocycles. The summed E-state index contributed by atoms with van der Waals surface area (Å²) in [5.41, 5.74) is 2.40. The van der Waals surface area contributed by atoms with Gasteiger partial charge in [-0.2, -0.15) is 0 Å². The third-order valence-electron chi connectivity index (χ3n) is 3.03. The van der Waals surface area contributed by atoms with Crippen LogP contribution in [0.4, 0.5) is 0 Å². The van der Waals surface area contributed by atoms with Gasteiger partial charge in [0.05, 0.1) is 6.61 Å². The summed E-state index contributed by atoms with van der Waals surface area (Å²) >= 11 is 0. The highest BCUT2D eigenvalue weighted by molar-refractivity contribution is 5.20. The second-order valence-corrected chi connectivity index (χ2v) is 4.12. The van der Waals surface area contributed by atoms with Crippen LogP contribution in [0, 0.1) is 12.8 Å². The van der Waals surface area contributed by atoms with E-state index in [2.05, 4.69) is 22.4 Å². The van der Waals surface area contributed by atoms with Gasteiger partial charge in [-0.15, -0.1) is 0 Å². The molecule has 1 N–H and O–H groups in total. The summed E-state index contributed by atoms with van der Waals surface area (Å²) in [6.45, 7) is 3.79. The molecule has 15 heavy (non-hydrogen) atoms. The normalized spacial score (nSPS) is 22.9. The van der Waals surface area contributed by atoms with E-state index in [1.807, 2.05) is 20.2 Å². The maximum atomic E-state index is 5.44. The average molecular weight is 206 g/mol. The predicted molar refractivity (Wildman–Crippen MR) is 59.7 cm³/mol. The minimum absolute atomic E-state index is 0.397. The Kier molecular flexibility index (Phi) is 3.34. The van der Waals surface area contributed by atoms with Crippen LogP contribution in [0.5, 0.6) is 0 Å². The number of hydrogen-bond donors (Lipinski definition) is 1. The number of nitrogens with zero attached hydrogens (tertiary/aromatic N) is 1. The summed E-state index contributed by atoms with van der Waals surface area (Å²) in [4.78, 5) is 4.22. The van der Waals surface area contributed by atoms with Crippen molar-refractivity contribution in [3.8, 4) is 0 Å². The van der Waals surface area contributed by atoms with Crippen LogP contribution in [-0.4, -0.2) is 25.2 Å². The van der Waals surface area contributed by atoms with Gasteiger partial charge < -0.3 is 10.1 Å². The smallest absolute Gasteiger partial charge is 0.0513 e. The zero-order chi connectivity index (χ0) is 10.7. The molecule has 1 fully saturated rings. The SMILES string of the molecule is CNC(c1ccnc(C)c1)C1CCOC1. The number of aryl methyl sites for hydroxylation is 1. The lowest BCUT2D eigenvalue weighted by Gasteiger charge is -2.22. The fourth-order valence-corrected chi connectivity index (χ4v) is 2.25. The molecule has 1 saturated heterocycles. The average Bonchev–Trinajstić information content (AvgIpc) is 2.72. The lowest BCUT2D eigenvalue weighted by atomic mass is 9.93. The Bertz CT molecular complexity index is 321. The molecule has 0 aliphatic carbocycles. The van der Waals surface area contributed by atoms with Crippen molar-refractivity contribution in [2.45, 2.75) is 19.4 Å². The molecule has 82 valence electrons. The van der Waals surface area contributed by atoms with Crippen molar-refractivity contribution >= 4 is 0 Å². The molecule has 2 heterocycles. The van der Waals surface area contributed by atoms with E-state index >= 15 is 0 Å². The molecule has 0 radical (unpaired) electrons. The summed E-state index contributed by atoms with van der Waals surface area (Å²) in [5.74, 6) is 0.594. The first-order chi connectivity index (χ1) is 7.31. The highest BCUT2D eigenvalue weighted by atomic mass is 16.5. The first-order valence-electron chi connectivity index (χ1n) is 5.49. The van der Waals surface area contributed by atoms with E-state index in [9.17, 15) is 0 Å². The van der Waals surface area contributed by atoms with Gasteiger partial charge >= 0.3 is 0 Å². The van der Waals surface area contributed by atoms with Crippen LogP contribution in [0.1, 0.15) is 23.7 Å². The largest absolute Gasteiger partial charge is 0.381 e. The van der Waals surface area contributed by atoms with Gasteiger partial charge in [-0.3, -0.25) is 4.98 Å². The number of hydrogen-bond acceptors (Lipinski definition) is 3. The van der Waals surface area contributed by atoms with Crippen LogP contribution in [0.25, 0.3) is 0 Å². The standard InChI is InChI=1S/C12H18N2O/c1-9-7-10(3-5-14-9)12(13-2)11-4-6-15-8-11/h3,5,7,11-13H,4,6,8H2,1-2H3. The summed E-state index contributed by atoms with van der Waals surface area (Å²) < 4.78 is 5.44. The van der Waals surface area contributed by atoms with Gasteiger partial charge in [-0.1, -0.05) is 0 Å². The lowest BCUT2D eigenvalue weighted by Crippen LogP contribution is -2.25. The van der Waals surface area contributed by atoms with Crippen LogP contribution in [0.15, 0.2) is 18.3 Å². The molecule has 2 atom stereocenters. The summed E-state index contributed by atoms with van der Waals surface area (Å²) in [7, 11) is 2.01. The van der Waals surface area contributed by atoms with Crippen molar-refractivity contribution in [1.29, 1.82) is 0 Å². The maximum Gasteiger partial charge on any atom is 0.0513 e. The van der Waals surface area contributed by atoms with Crippen molar-refractivity contribution in [2.24, 2.45) is 5.92 Å². The molecule has 0 saturated carbocycles. The highest BCUT2D eigenvalue weighted by Gasteiger charge is 2.25. The zero-order valence-electron chi connectivity index (χ0n) is 9.36. The van der Waals surface area contributed by atoms with Crippen LogP contribution in [0.2, 0.25) is 0 Å². The van der Waals surface area contributed by atoms with E-state index in [0.29, 0.717) is 12.0 Å². The Balaban J connectivity index is 2.18. The molecule has 0 amide bonds. The van der Waals surface area contributed by atoms with E-state index in [4.69, 9.17) is 4.74 Å². The number of nitrogens with one attached hydrogen (secondary N) is 1. The van der Waals surface area contributed by atoms with Gasteiger partial charge in [0.25, 0.3) is 0 Å². The van der Waals surface area contributed by atoms with Gasteiger partial charge in [0, 0.05) is 30.5 Å². The Morgan fingerprint density at radius 2 is 2.47 bits per heavy atom. The van der Waals surface area contributed by atoms with E-state index in [1.165, 1.54) is 5.56 Å². The first-order valence-corrected chi connectivity index (χ1v) is 5.49. The molecule has 2 unspecified atom stereocenters. The van der Waals surface area contributed by atoms with E-state index in [1.54, 1.807) is 0 Å². The van der Waals surface area contributed by atoms with Crippen LogP contribution >= 0.6 is 0 Å². The van der Waals surface area contributed by atoms with Gasteiger partial charge in [0.1, 0.15) is 0 Å². The van der Waals surface area contributed by atoms with Gasteiger partial charge in [-0.25, -0.2) is 0 Å². The molecule has 1 aromatic heterocycles. The quantitative estimate of drug-likeness (QED) is 0.817. The minimum atomic E-state index is 0.397. The maximum absolute atomic E-state index is 5.44. The monoisotopic (exact) mass is 206 g/mol. The third-order valence-corrected chi connectivity index (χ3v) is 3.03. The van der Waals surface area contributed by atoms with Crippen LogP contribution in [0.3, 0.4) is 0 Å². The zero-order valence-corrected chi connectivity index (χ0v) is 9.36. The van der Waals surface area contributed by atoms with E-state index in [-0.39, 0.29) is 0 Å². The number of pyridine rings is 1. The second-order valence-electron chi connectivity index (χ2n) is 4.12. The van der Waals surface area contributed by atoms with E-state index in [0.717, 1.165) is 25.3 Å². The van der Waals surface area contributed by atoms with Crippen molar-refractivity contribution in [1.82, 2.24) is 10.3 Å². The molecule has 1 aliphatic heterocycles. The number of rotatable bonds is 3. The fourth-order valence-electron chi connectivity index (χ4n) is 2.25. The summed E-state index contributed by atoms with van der Waals surface area (Å²) in [6, 6.07) is 4.64. The fraction of sp³-hybridized carbons (Fsp3) is 0.583. The molecule has 0 spiro atoms. The van der Waals surface area contributed by atoms with Gasteiger partial charge in [0.2, 0.25) is 0 Å². The molecular weight excluding hydrogens is 188 g/mol. The van der Waals surface area contributed by atoms with Crippen LogP contribution < -0.4 is 5.32 Å². The molecule has 0 bridgehead atoms. The Hall–Kier alpha value is -0.930. The molecule has 3 heteroatoms. The Morgan fingerprint density at radius 3 is 3.07 bits per heavy atom. The highest BCUT2D eigenvalue weighted by Crippen LogP contribution is 2.28. The predicted octanol–water partition coefficient (Wildman–Crippen LogP) is 1.69. The second kappa shape index (κ2) is 4.73. The number of ether oxygens (including phenoxy) is 1.